The summed E-state index contributed by atoms with van der Waals surface area (Å²) < 4.78 is 6.96. The Labute approximate surface area is 169 Å². The zero-order valence-corrected chi connectivity index (χ0v) is 16.8. The fourth-order valence-electron chi connectivity index (χ4n) is 4.23. The number of ether oxygens (including phenoxy) is 1. The van der Waals surface area contributed by atoms with E-state index < -0.39 is 12.0 Å². The van der Waals surface area contributed by atoms with Crippen molar-refractivity contribution in [3.8, 4) is 5.75 Å². The zero-order valence-electron chi connectivity index (χ0n) is 16.0. The van der Waals surface area contributed by atoms with Crippen molar-refractivity contribution >= 4 is 27.4 Å². The van der Waals surface area contributed by atoms with Crippen molar-refractivity contribution in [1.29, 1.82) is 0 Å². The molecule has 4 rings (SSSR count). The molecule has 2 aromatic carbocycles. The van der Waals surface area contributed by atoms with Crippen molar-refractivity contribution in [2.24, 2.45) is 0 Å². The number of aliphatic carboxylic acids is 1. The zero-order chi connectivity index (χ0) is 19.5. The molecule has 1 aliphatic heterocycles. The molecule has 1 aliphatic rings. The Kier molecular flexibility index (Phi) is 5.64. The highest BCUT2D eigenvalue weighted by molar-refractivity contribution is 7.17. The van der Waals surface area contributed by atoms with Crippen LogP contribution in [0.4, 0.5) is 0 Å². The fourth-order valence-corrected chi connectivity index (χ4v) is 5.21. The van der Waals surface area contributed by atoms with Gasteiger partial charge in [-0.05, 0) is 66.4 Å². The third-order valence-electron chi connectivity index (χ3n) is 5.45. The first-order chi connectivity index (χ1) is 13.7. The first kappa shape index (κ1) is 19.0. The second-order valence-corrected chi connectivity index (χ2v) is 8.09. The fraction of sp³-hybridized carbons (Fsp3) is 0.348. The van der Waals surface area contributed by atoms with Crippen LogP contribution in [0.5, 0.6) is 5.75 Å². The molecule has 2 atom stereocenters. The molecule has 0 radical (unpaired) electrons. The molecule has 4 nitrogen and oxygen atoms in total. The molecule has 5 heteroatoms. The molecular formula is C23H25NO3S. The lowest BCUT2D eigenvalue weighted by Gasteiger charge is -2.39. The van der Waals surface area contributed by atoms with Gasteiger partial charge in [-0.3, -0.25) is 9.69 Å². The Hall–Kier alpha value is -2.37. The number of nitrogens with zero attached hydrogens (tertiary/aromatic N) is 1. The molecule has 1 fully saturated rings. The number of carboxylic acids is 1. The standard InChI is InChI=1S/C23H25NO3S/c1-2-27-17-9-7-8-16(14-17)22(24-13-6-5-11-20(24)23(25)26)19-15-28-21-12-4-3-10-18(19)21/h3-4,7-10,12,14-15,20,22H,2,5-6,11,13H2,1H3,(H,25,26). The highest BCUT2D eigenvalue weighted by atomic mass is 32.1. The minimum atomic E-state index is -0.731. The number of benzene rings is 2. The summed E-state index contributed by atoms with van der Waals surface area (Å²) in [6.07, 6.45) is 2.68. The lowest BCUT2D eigenvalue weighted by Crippen LogP contribution is -2.46. The molecule has 2 heterocycles. The number of hydrogen-bond acceptors (Lipinski definition) is 4. The van der Waals surface area contributed by atoms with E-state index in [4.69, 9.17) is 4.74 Å². The van der Waals surface area contributed by atoms with Gasteiger partial charge >= 0.3 is 5.97 Å². The molecule has 0 spiro atoms. The minimum Gasteiger partial charge on any atom is -0.494 e. The van der Waals surface area contributed by atoms with Crippen LogP contribution in [0.25, 0.3) is 10.1 Å². The van der Waals surface area contributed by atoms with E-state index in [2.05, 4.69) is 40.6 Å². The van der Waals surface area contributed by atoms with Crippen molar-refractivity contribution in [2.75, 3.05) is 13.2 Å². The van der Waals surface area contributed by atoms with Gasteiger partial charge in [0.05, 0.1) is 12.6 Å². The Bertz CT molecular complexity index is 967. The molecular weight excluding hydrogens is 370 g/mol. The van der Waals surface area contributed by atoms with E-state index in [0.717, 1.165) is 30.7 Å². The second kappa shape index (κ2) is 8.33. The summed E-state index contributed by atoms with van der Waals surface area (Å²) in [6.45, 7) is 3.36. The average Bonchev–Trinajstić information content (AvgIpc) is 3.13. The van der Waals surface area contributed by atoms with Crippen molar-refractivity contribution in [3.63, 3.8) is 0 Å². The Morgan fingerprint density at radius 2 is 2.11 bits per heavy atom. The molecule has 28 heavy (non-hydrogen) atoms. The van der Waals surface area contributed by atoms with Gasteiger partial charge < -0.3 is 9.84 Å². The van der Waals surface area contributed by atoms with E-state index in [0.29, 0.717) is 13.0 Å². The number of likely N-dealkylation sites (tertiary alicyclic amines) is 1. The summed E-state index contributed by atoms with van der Waals surface area (Å²) in [6, 6.07) is 15.9. The van der Waals surface area contributed by atoms with E-state index in [1.54, 1.807) is 11.3 Å². The monoisotopic (exact) mass is 395 g/mol. The van der Waals surface area contributed by atoms with Gasteiger partial charge in [-0.15, -0.1) is 11.3 Å². The first-order valence-electron chi connectivity index (χ1n) is 9.86. The number of rotatable bonds is 6. The van der Waals surface area contributed by atoms with Crippen LogP contribution < -0.4 is 4.74 Å². The molecule has 1 aromatic heterocycles. The van der Waals surface area contributed by atoms with Crippen LogP contribution in [-0.4, -0.2) is 35.2 Å². The first-order valence-corrected chi connectivity index (χ1v) is 10.7. The lowest BCUT2D eigenvalue weighted by atomic mass is 9.91. The summed E-state index contributed by atoms with van der Waals surface area (Å²) in [5.41, 5.74) is 2.27. The van der Waals surface area contributed by atoms with Crippen molar-refractivity contribution < 1.29 is 14.6 Å². The van der Waals surface area contributed by atoms with Gasteiger partial charge in [0.2, 0.25) is 0 Å². The highest BCUT2D eigenvalue weighted by Gasteiger charge is 2.36. The molecule has 0 aliphatic carbocycles. The number of fused-ring (bicyclic) bond motifs is 1. The molecule has 1 N–H and O–H groups in total. The van der Waals surface area contributed by atoms with Crippen LogP contribution in [0, 0.1) is 0 Å². The summed E-state index contributed by atoms with van der Waals surface area (Å²) in [7, 11) is 0. The Morgan fingerprint density at radius 1 is 1.25 bits per heavy atom. The smallest absolute Gasteiger partial charge is 0.320 e. The van der Waals surface area contributed by atoms with Gasteiger partial charge in [0.25, 0.3) is 0 Å². The summed E-state index contributed by atoms with van der Waals surface area (Å²) in [5, 5.41) is 13.3. The van der Waals surface area contributed by atoms with Gasteiger partial charge in [0.1, 0.15) is 11.8 Å². The van der Waals surface area contributed by atoms with E-state index in [9.17, 15) is 9.90 Å². The highest BCUT2D eigenvalue weighted by Crippen LogP contribution is 2.40. The van der Waals surface area contributed by atoms with Gasteiger partial charge in [-0.25, -0.2) is 0 Å². The molecule has 0 saturated carbocycles. The number of piperidine rings is 1. The predicted molar refractivity (Wildman–Crippen MR) is 113 cm³/mol. The maximum Gasteiger partial charge on any atom is 0.320 e. The van der Waals surface area contributed by atoms with Crippen LogP contribution in [-0.2, 0) is 4.79 Å². The van der Waals surface area contributed by atoms with E-state index in [1.165, 1.54) is 15.6 Å². The number of thiophene rings is 1. The van der Waals surface area contributed by atoms with E-state index >= 15 is 0 Å². The Balaban J connectivity index is 1.85. The van der Waals surface area contributed by atoms with Crippen molar-refractivity contribution in [1.82, 2.24) is 4.90 Å². The SMILES string of the molecule is CCOc1cccc(C(c2csc3ccccc23)N2CCCCC2C(=O)O)c1. The van der Waals surface area contributed by atoms with E-state index in [1.807, 2.05) is 25.1 Å². The maximum absolute atomic E-state index is 12.0. The van der Waals surface area contributed by atoms with E-state index in [-0.39, 0.29) is 6.04 Å². The van der Waals surface area contributed by atoms with Gasteiger partial charge in [0.15, 0.2) is 0 Å². The van der Waals surface area contributed by atoms with Crippen LogP contribution in [0.15, 0.2) is 53.9 Å². The maximum atomic E-state index is 12.0. The molecule has 1 saturated heterocycles. The molecule has 0 bridgehead atoms. The number of carboxylic acid groups (broad SMARTS) is 1. The largest absolute Gasteiger partial charge is 0.494 e. The molecule has 0 amide bonds. The molecule has 146 valence electrons. The van der Waals surface area contributed by atoms with Crippen molar-refractivity contribution in [2.45, 2.75) is 38.3 Å². The normalized spacial score (nSPS) is 18.8. The van der Waals surface area contributed by atoms with Gasteiger partial charge in [0, 0.05) is 4.70 Å². The second-order valence-electron chi connectivity index (χ2n) is 7.18. The third-order valence-corrected chi connectivity index (χ3v) is 6.43. The predicted octanol–water partition coefficient (Wildman–Crippen LogP) is 5.33. The third kappa shape index (κ3) is 3.64. The molecule has 3 aromatic rings. The number of hydrogen-bond donors (Lipinski definition) is 1. The van der Waals surface area contributed by atoms with Gasteiger partial charge in [-0.1, -0.05) is 36.8 Å². The van der Waals surface area contributed by atoms with Gasteiger partial charge in [-0.2, -0.15) is 0 Å². The molecule has 2 unspecified atom stereocenters. The minimum absolute atomic E-state index is 0.0991. The van der Waals surface area contributed by atoms with Crippen LogP contribution >= 0.6 is 11.3 Å². The van der Waals surface area contributed by atoms with Crippen molar-refractivity contribution in [3.05, 3.63) is 65.0 Å². The van der Waals surface area contributed by atoms with Crippen LogP contribution in [0.3, 0.4) is 0 Å². The summed E-state index contributed by atoms with van der Waals surface area (Å²) in [5.74, 6) is 0.0959. The van der Waals surface area contributed by atoms with Crippen LogP contribution in [0.2, 0.25) is 0 Å². The topological polar surface area (TPSA) is 49.8 Å². The number of carbonyl (C=O) groups is 1. The quantitative estimate of drug-likeness (QED) is 0.613. The summed E-state index contributed by atoms with van der Waals surface area (Å²) in [4.78, 5) is 14.2. The van der Waals surface area contributed by atoms with Crippen LogP contribution in [0.1, 0.15) is 43.4 Å². The average molecular weight is 396 g/mol. The summed E-state index contributed by atoms with van der Waals surface area (Å²) >= 11 is 1.72. The lowest BCUT2D eigenvalue weighted by molar-refractivity contribution is -0.145. The Morgan fingerprint density at radius 3 is 2.93 bits per heavy atom.